The fourth-order valence-corrected chi connectivity index (χ4v) is 5.40. The number of carbonyl (C=O) groups excluding carboxylic acids is 1. The van der Waals surface area contributed by atoms with Crippen LogP contribution in [0.1, 0.15) is 61.5 Å². The van der Waals surface area contributed by atoms with Gasteiger partial charge in [0.05, 0.1) is 11.8 Å². The SMILES string of the molecule is Cc1ccc(N2CCN(c3nccc(C(=O)N(C4CCC(O)CC4)C4CC4)n3)[C@H](C)C2)c(F)c1. The molecule has 182 valence electrons. The molecule has 0 radical (unpaired) electrons. The molecule has 1 N–H and O–H groups in total. The maximum Gasteiger partial charge on any atom is 0.273 e. The number of hydrogen-bond acceptors (Lipinski definition) is 6. The Hall–Kier alpha value is -2.74. The predicted molar refractivity (Wildman–Crippen MR) is 130 cm³/mol. The molecule has 2 saturated carbocycles. The van der Waals surface area contributed by atoms with Crippen molar-refractivity contribution in [2.45, 2.75) is 76.6 Å². The molecule has 8 heteroatoms. The summed E-state index contributed by atoms with van der Waals surface area (Å²) < 4.78 is 14.5. The van der Waals surface area contributed by atoms with E-state index in [0.717, 1.165) is 44.1 Å². The van der Waals surface area contributed by atoms with Gasteiger partial charge in [-0.1, -0.05) is 6.07 Å². The van der Waals surface area contributed by atoms with Crippen molar-refractivity contribution in [1.82, 2.24) is 14.9 Å². The molecule has 5 rings (SSSR count). The van der Waals surface area contributed by atoms with Crippen molar-refractivity contribution in [2.24, 2.45) is 0 Å². The van der Waals surface area contributed by atoms with Crippen molar-refractivity contribution in [3.63, 3.8) is 0 Å². The topological polar surface area (TPSA) is 72.8 Å². The lowest BCUT2D eigenvalue weighted by atomic mass is 9.91. The molecule has 0 bridgehead atoms. The second-order valence-corrected chi connectivity index (χ2v) is 10.1. The standard InChI is InChI=1S/C26H34FN5O2/c1-17-3-10-24(22(27)15-17)30-13-14-31(18(2)16-30)26-28-12-11-23(29-26)25(34)32(19-4-5-19)20-6-8-21(33)9-7-20/h3,10-12,15,18-21,33H,4-9,13-14,16H2,1-2H3/t18-,20?,21?/m1/s1. The number of nitrogens with zero attached hydrogens (tertiary/aromatic N) is 5. The molecule has 0 spiro atoms. The minimum absolute atomic E-state index is 0.0273. The molecule has 1 aliphatic heterocycles. The van der Waals surface area contributed by atoms with Crippen LogP contribution in [-0.4, -0.2) is 69.7 Å². The zero-order valence-corrected chi connectivity index (χ0v) is 20.0. The van der Waals surface area contributed by atoms with Crippen LogP contribution >= 0.6 is 0 Å². The van der Waals surface area contributed by atoms with Gasteiger partial charge in [0.25, 0.3) is 5.91 Å². The van der Waals surface area contributed by atoms with Gasteiger partial charge in [0.15, 0.2) is 0 Å². The van der Waals surface area contributed by atoms with Crippen molar-refractivity contribution >= 4 is 17.5 Å². The van der Waals surface area contributed by atoms with Crippen LogP contribution in [0.3, 0.4) is 0 Å². The molecule has 7 nitrogen and oxygen atoms in total. The Morgan fingerprint density at radius 1 is 1.09 bits per heavy atom. The number of halogens is 1. The summed E-state index contributed by atoms with van der Waals surface area (Å²) in [5, 5.41) is 9.89. The number of piperazine rings is 1. The fraction of sp³-hybridized carbons (Fsp3) is 0.577. The summed E-state index contributed by atoms with van der Waals surface area (Å²) in [4.78, 5) is 28.9. The summed E-state index contributed by atoms with van der Waals surface area (Å²) in [5.41, 5.74) is 1.97. The van der Waals surface area contributed by atoms with E-state index in [1.54, 1.807) is 18.3 Å². The first kappa shape index (κ1) is 23.0. The molecule has 2 heterocycles. The lowest BCUT2D eigenvalue weighted by molar-refractivity contribution is 0.0470. The maximum atomic E-state index is 14.5. The van der Waals surface area contributed by atoms with Crippen LogP contribution in [0.15, 0.2) is 30.5 Å². The second kappa shape index (κ2) is 9.49. The third kappa shape index (κ3) is 4.73. The number of benzene rings is 1. The predicted octanol–water partition coefficient (Wildman–Crippen LogP) is 3.55. The van der Waals surface area contributed by atoms with E-state index in [4.69, 9.17) is 4.98 Å². The summed E-state index contributed by atoms with van der Waals surface area (Å²) in [5.74, 6) is 0.331. The van der Waals surface area contributed by atoms with Gasteiger partial charge < -0.3 is 19.8 Å². The van der Waals surface area contributed by atoms with Gasteiger partial charge in [-0.3, -0.25) is 4.79 Å². The van der Waals surface area contributed by atoms with E-state index in [1.807, 2.05) is 24.0 Å². The van der Waals surface area contributed by atoms with Crippen LogP contribution in [0.4, 0.5) is 16.0 Å². The molecule has 1 atom stereocenters. The van der Waals surface area contributed by atoms with Crippen molar-refractivity contribution < 1.29 is 14.3 Å². The van der Waals surface area contributed by atoms with Crippen LogP contribution in [0.2, 0.25) is 0 Å². The van der Waals surface area contributed by atoms with E-state index in [9.17, 15) is 14.3 Å². The Morgan fingerprint density at radius 2 is 1.79 bits per heavy atom. The number of rotatable bonds is 5. The third-order valence-electron chi connectivity index (χ3n) is 7.42. The molecule has 1 aromatic carbocycles. The molecular weight excluding hydrogens is 433 g/mol. The van der Waals surface area contributed by atoms with E-state index in [1.165, 1.54) is 0 Å². The summed E-state index contributed by atoms with van der Waals surface area (Å²) in [6.07, 6.45) is 6.69. The number of aliphatic hydroxyl groups is 1. The zero-order chi connectivity index (χ0) is 23.8. The summed E-state index contributed by atoms with van der Waals surface area (Å²) in [7, 11) is 0. The normalized spacial score (nSPS) is 25.4. The van der Waals surface area contributed by atoms with Crippen LogP contribution < -0.4 is 9.80 Å². The van der Waals surface area contributed by atoms with Gasteiger partial charge in [0, 0.05) is 44.0 Å². The van der Waals surface area contributed by atoms with Crippen LogP contribution in [0.5, 0.6) is 0 Å². The molecule has 1 amide bonds. The number of aliphatic hydroxyl groups excluding tert-OH is 1. The van der Waals surface area contributed by atoms with Crippen LogP contribution in [0.25, 0.3) is 0 Å². The molecule has 1 saturated heterocycles. The van der Waals surface area contributed by atoms with Crippen LogP contribution in [-0.2, 0) is 0 Å². The Kier molecular flexibility index (Phi) is 6.42. The van der Waals surface area contributed by atoms with Crippen LogP contribution in [0, 0.1) is 12.7 Å². The van der Waals surface area contributed by atoms with Gasteiger partial charge in [-0.15, -0.1) is 0 Å². The minimum atomic E-state index is -0.244. The molecular formula is C26H34FN5O2. The maximum absolute atomic E-state index is 14.5. The Labute approximate surface area is 200 Å². The average molecular weight is 468 g/mol. The van der Waals surface area contributed by atoms with Gasteiger partial charge in [0.1, 0.15) is 11.5 Å². The third-order valence-corrected chi connectivity index (χ3v) is 7.42. The number of amides is 1. The number of aryl methyl sites for hydroxylation is 1. The van der Waals surface area contributed by atoms with Gasteiger partial charge >= 0.3 is 0 Å². The molecule has 2 aromatic rings. The number of hydrogen-bond donors (Lipinski definition) is 1. The highest BCUT2D eigenvalue weighted by Gasteiger charge is 2.39. The van der Waals surface area contributed by atoms with E-state index in [-0.39, 0.29) is 36.0 Å². The zero-order valence-electron chi connectivity index (χ0n) is 20.0. The quantitative estimate of drug-likeness (QED) is 0.725. The highest BCUT2D eigenvalue weighted by Crippen LogP contribution is 2.35. The molecule has 34 heavy (non-hydrogen) atoms. The Bertz CT molecular complexity index is 1040. The summed E-state index contributed by atoms with van der Waals surface area (Å²) in [6.45, 7) is 5.94. The van der Waals surface area contributed by atoms with Gasteiger partial charge in [0.2, 0.25) is 5.95 Å². The lowest BCUT2D eigenvalue weighted by Crippen LogP contribution is -2.53. The molecule has 3 fully saturated rings. The minimum Gasteiger partial charge on any atom is -0.393 e. The Morgan fingerprint density at radius 3 is 2.44 bits per heavy atom. The van der Waals surface area contributed by atoms with E-state index < -0.39 is 0 Å². The fourth-order valence-electron chi connectivity index (χ4n) is 5.40. The summed E-state index contributed by atoms with van der Waals surface area (Å²) in [6, 6.07) is 7.60. The molecule has 3 aliphatic rings. The smallest absolute Gasteiger partial charge is 0.273 e. The summed E-state index contributed by atoms with van der Waals surface area (Å²) >= 11 is 0. The van der Waals surface area contributed by atoms with Crippen molar-refractivity contribution in [3.05, 3.63) is 47.5 Å². The Balaban J connectivity index is 1.30. The van der Waals surface area contributed by atoms with Gasteiger partial charge in [-0.25, -0.2) is 14.4 Å². The molecule has 1 aromatic heterocycles. The first-order valence-electron chi connectivity index (χ1n) is 12.5. The van der Waals surface area contributed by atoms with Crippen molar-refractivity contribution in [1.29, 1.82) is 0 Å². The first-order valence-corrected chi connectivity index (χ1v) is 12.5. The first-order chi connectivity index (χ1) is 16.4. The van der Waals surface area contributed by atoms with Gasteiger partial charge in [-0.2, -0.15) is 0 Å². The van der Waals surface area contributed by atoms with E-state index >= 15 is 0 Å². The largest absolute Gasteiger partial charge is 0.393 e. The highest BCUT2D eigenvalue weighted by molar-refractivity contribution is 5.93. The molecule has 0 unspecified atom stereocenters. The second-order valence-electron chi connectivity index (χ2n) is 10.1. The van der Waals surface area contributed by atoms with Crippen molar-refractivity contribution in [2.75, 3.05) is 29.4 Å². The number of anilines is 2. The molecule has 2 aliphatic carbocycles. The number of carbonyl (C=O) groups is 1. The number of aromatic nitrogens is 2. The van der Waals surface area contributed by atoms with E-state index in [0.29, 0.717) is 37.0 Å². The highest BCUT2D eigenvalue weighted by atomic mass is 19.1. The van der Waals surface area contributed by atoms with E-state index in [2.05, 4.69) is 21.7 Å². The van der Waals surface area contributed by atoms with Gasteiger partial charge in [-0.05, 0) is 76.1 Å². The lowest BCUT2D eigenvalue weighted by Gasteiger charge is -2.41. The monoisotopic (exact) mass is 467 g/mol. The van der Waals surface area contributed by atoms with Crippen molar-refractivity contribution in [3.8, 4) is 0 Å². The average Bonchev–Trinajstić information content (AvgIpc) is 3.66.